The van der Waals surface area contributed by atoms with Gasteiger partial charge in [-0.1, -0.05) is 37.4 Å². The van der Waals surface area contributed by atoms with Gasteiger partial charge in [0.2, 0.25) is 0 Å². The lowest BCUT2D eigenvalue weighted by molar-refractivity contribution is -0.131. The third kappa shape index (κ3) is 6.78. The maximum absolute atomic E-state index is 15.2. The van der Waals surface area contributed by atoms with Gasteiger partial charge < -0.3 is 18.9 Å². The largest absolute Gasteiger partial charge is 0.423 e. The SMILES string of the molecule is C=C(C)C(=O)Oc1ccc(-c2ccc(-c3cc(COC)c(OC(=O)C(=C)C)c(COC)c3)cc2F)cc1. The zero-order chi connectivity index (χ0) is 27.1. The van der Waals surface area contributed by atoms with Gasteiger partial charge in [-0.25, -0.2) is 14.0 Å². The van der Waals surface area contributed by atoms with Crippen molar-refractivity contribution >= 4 is 11.9 Å². The highest BCUT2D eigenvalue weighted by atomic mass is 19.1. The molecule has 0 aliphatic carbocycles. The van der Waals surface area contributed by atoms with Gasteiger partial charge in [-0.3, -0.25) is 0 Å². The average molecular weight is 505 g/mol. The first kappa shape index (κ1) is 27.5. The molecule has 3 aromatic carbocycles. The average Bonchev–Trinajstić information content (AvgIpc) is 2.86. The fraction of sp³-hybridized carbons (Fsp3) is 0.200. The van der Waals surface area contributed by atoms with Gasteiger partial charge in [0.25, 0.3) is 0 Å². The van der Waals surface area contributed by atoms with Crippen LogP contribution in [-0.2, 0) is 32.3 Å². The molecule has 0 bridgehead atoms. The second-order valence-corrected chi connectivity index (χ2v) is 8.55. The number of ether oxygens (including phenoxy) is 4. The molecular formula is C30H29FO6. The Morgan fingerprint density at radius 3 is 1.73 bits per heavy atom. The Morgan fingerprint density at radius 2 is 1.24 bits per heavy atom. The summed E-state index contributed by atoms with van der Waals surface area (Å²) in [6.07, 6.45) is 0. The third-order valence-corrected chi connectivity index (χ3v) is 5.41. The van der Waals surface area contributed by atoms with Crippen molar-refractivity contribution in [1.29, 1.82) is 0 Å². The normalized spacial score (nSPS) is 10.6. The Balaban J connectivity index is 1.97. The Kier molecular flexibility index (Phi) is 9.11. The molecule has 0 fully saturated rings. The lowest BCUT2D eigenvalue weighted by Gasteiger charge is -2.17. The van der Waals surface area contributed by atoms with E-state index >= 15 is 4.39 Å². The van der Waals surface area contributed by atoms with Crippen LogP contribution in [0.5, 0.6) is 11.5 Å². The molecule has 0 unspecified atom stereocenters. The van der Waals surface area contributed by atoms with E-state index in [0.29, 0.717) is 44.9 Å². The summed E-state index contributed by atoms with van der Waals surface area (Å²) in [6, 6.07) is 15.1. The van der Waals surface area contributed by atoms with Crippen molar-refractivity contribution in [3.05, 3.63) is 95.8 Å². The highest BCUT2D eigenvalue weighted by Crippen LogP contribution is 2.35. The molecule has 0 aliphatic heterocycles. The number of hydrogen-bond donors (Lipinski definition) is 0. The summed E-state index contributed by atoms with van der Waals surface area (Å²) in [5, 5.41) is 0. The Hall–Kier alpha value is -4.07. The minimum absolute atomic E-state index is 0.173. The maximum Gasteiger partial charge on any atom is 0.338 e. The number of benzene rings is 3. The van der Waals surface area contributed by atoms with Crippen molar-refractivity contribution in [2.75, 3.05) is 14.2 Å². The van der Waals surface area contributed by atoms with Crippen LogP contribution in [0.15, 0.2) is 78.9 Å². The number of hydrogen-bond acceptors (Lipinski definition) is 6. The number of carbonyl (C=O) groups is 2. The van der Waals surface area contributed by atoms with Crippen molar-refractivity contribution in [3.63, 3.8) is 0 Å². The van der Waals surface area contributed by atoms with Crippen LogP contribution in [0, 0.1) is 5.82 Å². The molecule has 37 heavy (non-hydrogen) atoms. The van der Waals surface area contributed by atoms with E-state index in [0.717, 1.165) is 0 Å². The summed E-state index contributed by atoms with van der Waals surface area (Å²) in [5.41, 5.74) is 4.13. The molecule has 3 aromatic rings. The predicted molar refractivity (Wildman–Crippen MR) is 140 cm³/mol. The van der Waals surface area contributed by atoms with E-state index in [9.17, 15) is 9.59 Å². The van der Waals surface area contributed by atoms with Gasteiger partial charge in [-0.15, -0.1) is 0 Å². The lowest BCUT2D eigenvalue weighted by atomic mass is 9.96. The van der Waals surface area contributed by atoms with Crippen LogP contribution in [0.25, 0.3) is 22.3 Å². The van der Waals surface area contributed by atoms with Gasteiger partial charge >= 0.3 is 11.9 Å². The minimum Gasteiger partial charge on any atom is -0.423 e. The molecule has 3 rings (SSSR count). The summed E-state index contributed by atoms with van der Waals surface area (Å²) < 4.78 is 36.7. The zero-order valence-electron chi connectivity index (χ0n) is 21.4. The summed E-state index contributed by atoms with van der Waals surface area (Å²) in [5.74, 6) is -0.825. The van der Waals surface area contributed by atoms with E-state index in [4.69, 9.17) is 18.9 Å². The molecule has 0 saturated heterocycles. The van der Waals surface area contributed by atoms with Crippen LogP contribution < -0.4 is 9.47 Å². The predicted octanol–water partition coefficient (Wildman–Crippen LogP) is 6.42. The smallest absolute Gasteiger partial charge is 0.338 e. The molecule has 0 N–H and O–H groups in total. The Labute approximate surface area is 215 Å². The van der Waals surface area contributed by atoms with Crippen LogP contribution in [0.2, 0.25) is 0 Å². The van der Waals surface area contributed by atoms with Gasteiger partial charge in [0, 0.05) is 42.1 Å². The van der Waals surface area contributed by atoms with Crippen LogP contribution in [0.4, 0.5) is 4.39 Å². The van der Waals surface area contributed by atoms with Crippen LogP contribution in [0.1, 0.15) is 25.0 Å². The van der Waals surface area contributed by atoms with E-state index in [-0.39, 0.29) is 24.4 Å². The van der Waals surface area contributed by atoms with E-state index in [1.54, 1.807) is 62.4 Å². The molecule has 0 amide bonds. The number of methoxy groups -OCH3 is 2. The first-order valence-electron chi connectivity index (χ1n) is 11.4. The second-order valence-electron chi connectivity index (χ2n) is 8.55. The standard InChI is InChI=1S/C30H29FO6/c1-18(2)29(32)36-25-10-7-20(8-11-25)26-12-9-21(15-27(26)31)22-13-23(16-34-5)28(24(14-22)17-35-6)37-30(33)19(3)4/h7-15H,1,3,16-17H2,2,4-6H3. The molecule has 0 atom stereocenters. The first-order valence-corrected chi connectivity index (χ1v) is 11.4. The van der Waals surface area contributed by atoms with Gasteiger partial charge in [-0.2, -0.15) is 0 Å². The van der Waals surface area contributed by atoms with Gasteiger partial charge in [0.15, 0.2) is 0 Å². The quantitative estimate of drug-likeness (QED) is 0.180. The Bertz CT molecular complexity index is 1310. The number of halogens is 1. The summed E-state index contributed by atoms with van der Waals surface area (Å²) in [6.45, 7) is 10.7. The van der Waals surface area contributed by atoms with Crippen molar-refractivity contribution in [1.82, 2.24) is 0 Å². The third-order valence-electron chi connectivity index (χ3n) is 5.41. The molecule has 7 heteroatoms. The molecule has 0 aromatic heterocycles. The van der Waals surface area contributed by atoms with Gasteiger partial charge in [-0.05, 0) is 60.9 Å². The second kappa shape index (κ2) is 12.3. The number of esters is 2. The molecule has 0 aliphatic rings. The minimum atomic E-state index is -0.557. The molecule has 0 spiro atoms. The number of rotatable bonds is 10. The van der Waals surface area contributed by atoms with Crippen molar-refractivity contribution in [2.45, 2.75) is 27.1 Å². The zero-order valence-corrected chi connectivity index (χ0v) is 21.4. The van der Waals surface area contributed by atoms with Gasteiger partial charge in [0.05, 0.1) is 13.2 Å². The van der Waals surface area contributed by atoms with Crippen LogP contribution in [0.3, 0.4) is 0 Å². The summed E-state index contributed by atoms with van der Waals surface area (Å²) in [7, 11) is 3.07. The van der Waals surface area contributed by atoms with E-state index in [2.05, 4.69) is 13.2 Å². The first-order chi connectivity index (χ1) is 17.6. The molecule has 0 heterocycles. The van der Waals surface area contributed by atoms with Crippen molar-refractivity contribution in [2.24, 2.45) is 0 Å². The van der Waals surface area contributed by atoms with Crippen LogP contribution >= 0.6 is 0 Å². The van der Waals surface area contributed by atoms with E-state index in [1.807, 2.05) is 0 Å². The van der Waals surface area contributed by atoms with E-state index in [1.165, 1.54) is 20.3 Å². The molecule has 192 valence electrons. The monoisotopic (exact) mass is 504 g/mol. The lowest BCUT2D eigenvalue weighted by Crippen LogP contribution is -2.12. The topological polar surface area (TPSA) is 71.1 Å². The highest BCUT2D eigenvalue weighted by Gasteiger charge is 2.18. The molecule has 0 saturated carbocycles. The van der Waals surface area contributed by atoms with Crippen molar-refractivity contribution in [3.8, 4) is 33.8 Å². The molecule has 0 radical (unpaired) electrons. The maximum atomic E-state index is 15.2. The Morgan fingerprint density at radius 1 is 0.730 bits per heavy atom. The van der Waals surface area contributed by atoms with Gasteiger partial charge in [0.1, 0.15) is 17.3 Å². The number of carbonyl (C=O) groups excluding carboxylic acids is 2. The van der Waals surface area contributed by atoms with E-state index < -0.39 is 17.8 Å². The van der Waals surface area contributed by atoms with Crippen LogP contribution in [-0.4, -0.2) is 26.2 Å². The summed E-state index contributed by atoms with van der Waals surface area (Å²) in [4.78, 5) is 23.9. The summed E-state index contributed by atoms with van der Waals surface area (Å²) >= 11 is 0. The fourth-order valence-electron chi connectivity index (χ4n) is 3.58. The van der Waals surface area contributed by atoms with Crippen molar-refractivity contribution < 1.29 is 32.9 Å². The molecular weight excluding hydrogens is 475 g/mol. The fourth-order valence-corrected chi connectivity index (χ4v) is 3.58. The molecule has 6 nitrogen and oxygen atoms in total. The highest BCUT2D eigenvalue weighted by molar-refractivity contribution is 5.89.